The van der Waals surface area contributed by atoms with Crippen LogP contribution in [0.4, 0.5) is 0 Å². The smallest absolute Gasteiger partial charge is 0.241 e. The van der Waals surface area contributed by atoms with Crippen molar-refractivity contribution in [3.63, 3.8) is 0 Å². The molecular formula is C17H22N4O4S2. The van der Waals surface area contributed by atoms with Crippen LogP contribution in [-0.4, -0.2) is 54.7 Å². The molecule has 2 aliphatic rings. The molecule has 1 unspecified atom stereocenters. The van der Waals surface area contributed by atoms with Crippen LogP contribution >= 0.6 is 11.8 Å². The van der Waals surface area contributed by atoms with Crippen molar-refractivity contribution in [3.05, 3.63) is 35.9 Å². The Balaban J connectivity index is 1.97. The van der Waals surface area contributed by atoms with Crippen LogP contribution in [0.1, 0.15) is 31.7 Å². The van der Waals surface area contributed by atoms with Crippen molar-refractivity contribution in [2.45, 2.75) is 31.1 Å². The quantitative estimate of drug-likeness (QED) is 0.788. The van der Waals surface area contributed by atoms with Gasteiger partial charge in [0.2, 0.25) is 21.8 Å². The number of carbonyl (C=O) groups is 2. The van der Waals surface area contributed by atoms with Crippen molar-refractivity contribution in [3.8, 4) is 0 Å². The lowest BCUT2D eigenvalue weighted by Crippen LogP contribution is -2.43. The lowest BCUT2D eigenvalue weighted by Gasteiger charge is -2.35. The number of thioether (sulfide) groups is 1. The van der Waals surface area contributed by atoms with Gasteiger partial charge in [-0.1, -0.05) is 42.1 Å². The van der Waals surface area contributed by atoms with Gasteiger partial charge < -0.3 is 0 Å². The number of hydrogen-bond donors (Lipinski definition) is 1. The number of amidine groups is 1. The fourth-order valence-electron chi connectivity index (χ4n) is 3.25. The Labute approximate surface area is 163 Å². The Bertz CT molecular complexity index is 872. The lowest BCUT2D eigenvalue weighted by atomic mass is 10.0. The van der Waals surface area contributed by atoms with E-state index in [4.69, 9.17) is 0 Å². The Kier molecular flexibility index (Phi) is 5.59. The van der Waals surface area contributed by atoms with E-state index in [0.717, 1.165) is 18.2 Å². The first kappa shape index (κ1) is 19.8. The van der Waals surface area contributed by atoms with Crippen LogP contribution in [0.15, 0.2) is 35.4 Å². The van der Waals surface area contributed by atoms with Crippen LogP contribution in [0.3, 0.4) is 0 Å². The van der Waals surface area contributed by atoms with Gasteiger partial charge in [-0.15, -0.1) is 5.10 Å². The minimum atomic E-state index is -3.37. The Morgan fingerprint density at radius 3 is 2.59 bits per heavy atom. The molecule has 1 aromatic carbocycles. The molecule has 146 valence electrons. The van der Waals surface area contributed by atoms with Crippen molar-refractivity contribution in [1.82, 2.24) is 14.6 Å². The van der Waals surface area contributed by atoms with E-state index in [1.54, 1.807) is 4.90 Å². The second-order valence-corrected chi connectivity index (χ2v) is 9.61. The summed E-state index contributed by atoms with van der Waals surface area (Å²) in [4.78, 5) is 25.3. The molecule has 1 N–H and O–H groups in total. The first-order valence-electron chi connectivity index (χ1n) is 8.62. The van der Waals surface area contributed by atoms with Gasteiger partial charge in [0, 0.05) is 32.9 Å². The summed E-state index contributed by atoms with van der Waals surface area (Å²) in [6.45, 7) is 2.13. The summed E-state index contributed by atoms with van der Waals surface area (Å²) in [5.74, 6) is -0.282. The molecule has 3 rings (SSSR count). The van der Waals surface area contributed by atoms with Crippen LogP contribution < -0.4 is 4.72 Å². The molecule has 0 spiro atoms. The highest BCUT2D eigenvalue weighted by molar-refractivity contribution is 8.14. The summed E-state index contributed by atoms with van der Waals surface area (Å²) < 4.78 is 25.5. The minimum Gasteiger partial charge on any atom is -0.290 e. The summed E-state index contributed by atoms with van der Waals surface area (Å²) in [7, 11) is -3.37. The van der Waals surface area contributed by atoms with Gasteiger partial charge in [-0.2, -0.15) is 0 Å². The highest BCUT2D eigenvalue weighted by atomic mass is 32.2. The highest BCUT2D eigenvalue weighted by Crippen LogP contribution is 2.49. The molecule has 1 fully saturated rings. The molecular weight excluding hydrogens is 388 g/mol. The standard InChI is InChI=1S/C17H22N4O4S2/c1-13(22)21-17(10-11-18-27(2,24)25,14-7-4-3-5-8-14)26-16(19-21)20-12-6-9-15(20)23/h3-5,7-8,18H,6,9-12H2,1-2H3. The van der Waals surface area contributed by atoms with Crippen LogP contribution in [0.2, 0.25) is 0 Å². The van der Waals surface area contributed by atoms with Crippen molar-refractivity contribution in [2.75, 3.05) is 19.3 Å². The molecule has 1 saturated heterocycles. The third-order valence-corrected chi connectivity index (χ3v) is 6.61. The van der Waals surface area contributed by atoms with E-state index < -0.39 is 14.9 Å². The topological polar surface area (TPSA) is 99.2 Å². The number of amides is 2. The number of nitrogens with zero attached hydrogens (tertiary/aromatic N) is 3. The molecule has 1 atom stereocenters. The van der Waals surface area contributed by atoms with Gasteiger partial charge in [-0.3, -0.25) is 14.5 Å². The lowest BCUT2D eigenvalue weighted by molar-refractivity contribution is -0.132. The predicted octanol–water partition coefficient (Wildman–Crippen LogP) is 1.27. The molecule has 0 bridgehead atoms. The summed E-state index contributed by atoms with van der Waals surface area (Å²) >= 11 is 1.32. The normalized spacial score (nSPS) is 23.0. The monoisotopic (exact) mass is 410 g/mol. The van der Waals surface area contributed by atoms with Crippen LogP contribution in [-0.2, 0) is 24.5 Å². The van der Waals surface area contributed by atoms with Crippen molar-refractivity contribution in [2.24, 2.45) is 5.10 Å². The zero-order valence-electron chi connectivity index (χ0n) is 15.2. The predicted molar refractivity (Wildman–Crippen MR) is 104 cm³/mol. The average molecular weight is 411 g/mol. The molecule has 8 nitrogen and oxygen atoms in total. The maximum atomic E-state index is 12.4. The summed E-state index contributed by atoms with van der Waals surface area (Å²) in [5.41, 5.74) is 0.825. The van der Waals surface area contributed by atoms with E-state index in [-0.39, 0.29) is 18.4 Å². The maximum Gasteiger partial charge on any atom is 0.241 e. The van der Waals surface area contributed by atoms with Crippen molar-refractivity contribution in [1.29, 1.82) is 0 Å². The third-order valence-electron chi connectivity index (χ3n) is 4.44. The van der Waals surface area contributed by atoms with Gasteiger partial charge in [0.15, 0.2) is 5.17 Å². The second kappa shape index (κ2) is 7.61. The Morgan fingerprint density at radius 2 is 2.04 bits per heavy atom. The minimum absolute atomic E-state index is 0.0112. The maximum absolute atomic E-state index is 12.4. The summed E-state index contributed by atoms with van der Waals surface area (Å²) in [5, 5.41) is 6.31. The largest absolute Gasteiger partial charge is 0.290 e. The van der Waals surface area contributed by atoms with Gasteiger partial charge >= 0.3 is 0 Å². The second-order valence-electron chi connectivity index (χ2n) is 6.53. The summed E-state index contributed by atoms with van der Waals surface area (Å²) in [6, 6.07) is 9.36. The molecule has 0 aliphatic carbocycles. The Morgan fingerprint density at radius 1 is 1.33 bits per heavy atom. The molecule has 0 radical (unpaired) electrons. The molecule has 2 heterocycles. The van der Waals surface area contributed by atoms with Gasteiger partial charge in [0.25, 0.3) is 0 Å². The number of rotatable bonds is 5. The Hall–Kier alpha value is -1.91. The number of benzene rings is 1. The molecule has 1 aromatic rings. The van der Waals surface area contributed by atoms with Crippen LogP contribution in [0.25, 0.3) is 0 Å². The highest BCUT2D eigenvalue weighted by Gasteiger charge is 2.49. The van der Waals surface area contributed by atoms with Crippen molar-refractivity contribution < 1.29 is 18.0 Å². The van der Waals surface area contributed by atoms with Crippen LogP contribution in [0, 0.1) is 0 Å². The van der Waals surface area contributed by atoms with Gasteiger partial charge in [-0.25, -0.2) is 18.1 Å². The fraction of sp³-hybridized carbons (Fsp3) is 0.471. The number of nitrogens with one attached hydrogen (secondary N) is 1. The number of sulfonamides is 1. The third kappa shape index (κ3) is 4.17. The van der Waals surface area contributed by atoms with E-state index in [1.807, 2.05) is 30.3 Å². The number of carbonyl (C=O) groups excluding carboxylic acids is 2. The number of likely N-dealkylation sites (tertiary alicyclic amines) is 1. The van der Waals surface area contributed by atoms with E-state index in [9.17, 15) is 18.0 Å². The summed E-state index contributed by atoms with van der Waals surface area (Å²) in [6.07, 6.45) is 2.63. The molecule has 27 heavy (non-hydrogen) atoms. The fourth-order valence-corrected chi connectivity index (χ4v) is 5.17. The molecule has 0 aromatic heterocycles. The zero-order chi connectivity index (χ0) is 19.7. The van der Waals surface area contributed by atoms with Crippen LogP contribution in [0.5, 0.6) is 0 Å². The van der Waals surface area contributed by atoms with E-state index in [1.165, 1.54) is 23.7 Å². The first-order valence-corrected chi connectivity index (χ1v) is 11.3. The zero-order valence-corrected chi connectivity index (χ0v) is 16.8. The molecule has 2 amide bonds. The average Bonchev–Trinajstić information content (AvgIpc) is 3.19. The number of hydrogen-bond acceptors (Lipinski definition) is 6. The van der Waals surface area contributed by atoms with E-state index in [0.29, 0.717) is 24.6 Å². The molecule has 10 heteroatoms. The SMILES string of the molecule is CC(=O)N1N=C(N2CCCC2=O)SC1(CCNS(C)(=O)=O)c1ccccc1. The first-order chi connectivity index (χ1) is 12.7. The van der Waals surface area contributed by atoms with Gasteiger partial charge in [0.05, 0.1) is 6.26 Å². The van der Waals surface area contributed by atoms with Crippen molar-refractivity contribution >= 4 is 38.8 Å². The number of hydrazone groups is 1. The van der Waals surface area contributed by atoms with Gasteiger partial charge in [-0.05, 0) is 12.0 Å². The molecule has 0 saturated carbocycles. The van der Waals surface area contributed by atoms with Gasteiger partial charge in [0.1, 0.15) is 4.87 Å². The molecule has 2 aliphatic heterocycles. The van der Waals surface area contributed by atoms with E-state index >= 15 is 0 Å². The van der Waals surface area contributed by atoms with E-state index in [2.05, 4.69) is 9.82 Å².